The number of para-hydroxylation sites is 1. The molecular weight excluding hydrogens is 262 g/mol. The van der Waals surface area contributed by atoms with E-state index >= 15 is 0 Å². The SMILES string of the molecule is CCNC(=NCCOc1ccccc1C(C)C)NC1CC1. The van der Waals surface area contributed by atoms with Gasteiger partial charge in [0.1, 0.15) is 12.4 Å². The van der Waals surface area contributed by atoms with E-state index in [-0.39, 0.29) is 0 Å². The number of benzene rings is 1. The molecule has 116 valence electrons. The molecule has 21 heavy (non-hydrogen) atoms. The lowest BCUT2D eigenvalue weighted by molar-refractivity contribution is 0.324. The zero-order chi connectivity index (χ0) is 15.1. The van der Waals surface area contributed by atoms with E-state index in [4.69, 9.17) is 4.74 Å². The van der Waals surface area contributed by atoms with E-state index < -0.39 is 0 Å². The highest BCUT2D eigenvalue weighted by atomic mass is 16.5. The van der Waals surface area contributed by atoms with Gasteiger partial charge < -0.3 is 15.4 Å². The van der Waals surface area contributed by atoms with Crippen molar-refractivity contribution in [1.82, 2.24) is 10.6 Å². The van der Waals surface area contributed by atoms with Crippen LogP contribution in [-0.2, 0) is 0 Å². The number of ether oxygens (including phenoxy) is 1. The van der Waals surface area contributed by atoms with E-state index in [0.717, 1.165) is 18.3 Å². The summed E-state index contributed by atoms with van der Waals surface area (Å²) in [5.74, 6) is 2.35. The first-order valence-electron chi connectivity index (χ1n) is 7.97. The van der Waals surface area contributed by atoms with E-state index in [0.29, 0.717) is 25.1 Å². The summed E-state index contributed by atoms with van der Waals surface area (Å²) in [7, 11) is 0. The van der Waals surface area contributed by atoms with Crippen LogP contribution in [0.5, 0.6) is 5.75 Å². The molecule has 0 unspecified atom stereocenters. The Morgan fingerprint density at radius 2 is 2.10 bits per heavy atom. The molecular formula is C17H27N3O. The van der Waals surface area contributed by atoms with Gasteiger partial charge in [0.2, 0.25) is 0 Å². The van der Waals surface area contributed by atoms with Gasteiger partial charge in [-0.25, -0.2) is 4.99 Å². The number of nitrogens with zero attached hydrogens (tertiary/aromatic N) is 1. The second-order valence-corrected chi connectivity index (χ2v) is 5.72. The zero-order valence-corrected chi connectivity index (χ0v) is 13.4. The van der Waals surface area contributed by atoms with Gasteiger partial charge in [-0.3, -0.25) is 0 Å². The maximum Gasteiger partial charge on any atom is 0.191 e. The summed E-state index contributed by atoms with van der Waals surface area (Å²) in [6, 6.07) is 8.85. The van der Waals surface area contributed by atoms with E-state index in [9.17, 15) is 0 Å². The van der Waals surface area contributed by atoms with Crippen molar-refractivity contribution in [2.45, 2.75) is 45.6 Å². The quantitative estimate of drug-likeness (QED) is 0.461. The normalized spacial score (nSPS) is 15.1. The van der Waals surface area contributed by atoms with Gasteiger partial charge in [-0.15, -0.1) is 0 Å². The molecule has 0 heterocycles. The van der Waals surface area contributed by atoms with Crippen LogP contribution in [0.1, 0.15) is 45.1 Å². The largest absolute Gasteiger partial charge is 0.491 e. The highest BCUT2D eigenvalue weighted by Crippen LogP contribution is 2.25. The van der Waals surface area contributed by atoms with Crippen molar-refractivity contribution in [3.8, 4) is 5.75 Å². The molecule has 1 aromatic carbocycles. The number of aliphatic imine (C=N–C) groups is 1. The minimum Gasteiger partial charge on any atom is -0.491 e. The Balaban J connectivity index is 1.82. The Morgan fingerprint density at radius 1 is 1.33 bits per heavy atom. The first kappa shape index (κ1) is 15.7. The molecule has 4 heteroatoms. The molecule has 2 N–H and O–H groups in total. The smallest absolute Gasteiger partial charge is 0.191 e. The van der Waals surface area contributed by atoms with Crippen LogP contribution in [-0.4, -0.2) is 31.7 Å². The average molecular weight is 289 g/mol. The monoisotopic (exact) mass is 289 g/mol. The lowest BCUT2D eigenvalue weighted by atomic mass is 10.0. The molecule has 0 aliphatic heterocycles. The van der Waals surface area contributed by atoms with Gasteiger partial charge in [-0.05, 0) is 37.3 Å². The van der Waals surface area contributed by atoms with E-state index in [2.05, 4.69) is 48.5 Å². The van der Waals surface area contributed by atoms with E-state index in [1.165, 1.54) is 18.4 Å². The summed E-state index contributed by atoms with van der Waals surface area (Å²) in [5, 5.41) is 6.67. The fraction of sp³-hybridized carbons (Fsp3) is 0.588. The van der Waals surface area contributed by atoms with Crippen molar-refractivity contribution in [1.29, 1.82) is 0 Å². The summed E-state index contributed by atoms with van der Waals surface area (Å²) in [6.45, 7) is 8.60. The number of guanidine groups is 1. The molecule has 4 nitrogen and oxygen atoms in total. The maximum absolute atomic E-state index is 5.88. The van der Waals surface area contributed by atoms with Crippen molar-refractivity contribution in [3.05, 3.63) is 29.8 Å². The Morgan fingerprint density at radius 3 is 2.76 bits per heavy atom. The molecule has 0 atom stereocenters. The Bertz CT molecular complexity index is 467. The van der Waals surface area contributed by atoms with Crippen LogP contribution in [0.4, 0.5) is 0 Å². The van der Waals surface area contributed by atoms with E-state index in [1.807, 2.05) is 12.1 Å². The van der Waals surface area contributed by atoms with Gasteiger partial charge in [-0.2, -0.15) is 0 Å². The van der Waals surface area contributed by atoms with Crippen LogP contribution >= 0.6 is 0 Å². The Hall–Kier alpha value is -1.71. The molecule has 1 fully saturated rings. The number of hydrogen-bond donors (Lipinski definition) is 2. The second-order valence-electron chi connectivity index (χ2n) is 5.72. The lowest BCUT2D eigenvalue weighted by Crippen LogP contribution is -2.38. The maximum atomic E-state index is 5.88. The topological polar surface area (TPSA) is 45.7 Å². The van der Waals surface area contributed by atoms with Crippen LogP contribution in [0.15, 0.2) is 29.3 Å². The van der Waals surface area contributed by atoms with Crippen molar-refractivity contribution >= 4 is 5.96 Å². The summed E-state index contributed by atoms with van der Waals surface area (Å²) >= 11 is 0. The third-order valence-electron chi connectivity index (χ3n) is 3.42. The first-order valence-corrected chi connectivity index (χ1v) is 7.97. The van der Waals surface area contributed by atoms with Crippen molar-refractivity contribution in [2.24, 2.45) is 4.99 Å². The van der Waals surface area contributed by atoms with Gasteiger partial charge in [0.15, 0.2) is 5.96 Å². The molecule has 1 aliphatic carbocycles. The molecule has 0 radical (unpaired) electrons. The lowest BCUT2D eigenvalue weighted by Gasteiger charge is -2.14. The van der Waals surface area contributed by atoms with Crippen LogP contribution < -0.4 is 15.4 Å². The van der Waals surface area contributed by atoms with Crippen molar-refractivity contribution in [2.75, 3.05) is 19.7 Å². The van der Waals surface area contributed by atoms with Crippen LogP contribution in [0.25, 0.3) is 0 Å². The second kappa shape index (κ2) is 7.91. The van der Waals surface area contributed by atoms with Gasteiger partial charge in [0.05, 0.1) is 6.54 Å². The summed E-state index contributed by atoms with van der Waals surface area (Å²) in [6.07, 6.45) is 2.51. The predicted molar refractivity (Wildman–Crippen MR) is 88.2 cm³/mol. The molecule has 0 bridgehead atoms. The number of rotatable bonds is 7. The fourth-order valence-corrected chi connectivity index (χ4v) is 2.14. The van der Waals surface area contributed by atoms with Crippen LogP contribution in [0.3, 0.4) is 0 Å². The molecule has 1 aliphatic rings. The van der Waals surface area contributed by atoms with Crippen LogP contribution in [0, 0.1) is 0 Å². The fourth-order valence-electron chi connectivity index (χ4n) is 2.14. The van der Waals surface area contributed by atoms with Crippen molar-refractivity contribution in [3.63, 3.8) is 0 Å². The Labute approximate surface area is 128 Å². The molecule has 1 aromatic rings. The van der Waals surface area contributed by atoms with Gasteiger partial charge >= 0.3 is 0 Å². The first-order chi connectivity index (χ1) is 10.2. The third-order valence-corrected chi connectivity index (χ3v) is 3.42. The van der Waals surface area contributed by atoms with Gasteiger partial charge in [-0.1, -0.05) is 32.0 Å². The molecule has 0 saturated heterocycles. The van der Waals surface area contributed by atoms with Gasteiger partial charge in [0, 0.05) is 12.6 Å². The molecule has 2 rings (SSSR count). The minimum absolute atomic E-state index is 0.471. The summed E-state index contributed by atoms with van der Waals surface area (Å²) in [5.41, 5.74) is 1.25. The average Bonchev–Trinajstić information content (AvgIpc) is 3.28. The highest BCUT2D eigenvalue weighted by Gasteiger charge is 2.21. The molecule has 0 aromatic heterocycles. The predicted octanol–water partition coefficient (Wildman–Crippen LogP) is 2.91. The third kappa shape index (κ3) is 5.29. The zero-order valence-electron chi connectivity index (χ0n) is 13.4. The summed E-state index contributed by atoms with van der Waals surface area (Å²) < 4.78 is 5.88. The molecule has 1 saturated carbocycles. The minimum atomic E-state index is 0.471. The van der Waals surface area contributed by atoms with Gasteiger partial charge in [0.25, 0.3) is 0 Å². The number of hydrogen-bond acceptors (Lipinski definition) is 2. The number of nitrogens with one attached hydrogen (secondary N) is 2. The van der Waals surface area contributed by atoms with Crippen LogP contribution in [0.2, 0.25) is 0 Å². The molecule has 0 spiro atoms. The summed E-state index contributed by atoms with van der Waals surface area (Å²) in [4.78, 5) is 4.55. The molecule has 0 amide bonds. The van der Waals surface area contributed by atoms with E-state index in [1.54, 1.807) is 0 Å². The Kier molecular flexibility index (Phi) is 5.90. The van der Waals surface area contributed by atoms with Crippen molar-refractivity contribution < 1.29 is 4.74 Å². The highest BCUT2D eigenvalue weighted by molar-refractivity contribution is 5.80. The standard InChI is InChI=1S/C17H27N3O/c1-4-18-17(20-14-9-10-14)19-11-12-21-16-8-6-5-7-15(16)13(2)3/h5-8,13-14H,4,9-12H2,1-3H3,(H2,18,19,20).